The average molecular weight is 353 g/mol. The Balaban J connectivity index is 1.59. The van der Waals surface area contributed by atoms with Gasteiger partial charge in [-0.1, -0.05) is 31.0 Å². The van der Waals surface area contributed by atoms with E-state index in [0.717, 1.165) is 18.5 Å². The number of hydrogen-bond donors (Lipinski definition) is 0. The van der Waals surface area contributed by atoms with Crippen LogP contribution in [0.25, 0.3) is 0 Å². The summed E-state index contributed by atoms with van der Waals surface area (Å²) >= 11 is 0. The molecule has 0 N–H and O–H groups in total. The molecule has 134 valence electrons. The minimum absolute atomic E-state index is 0.239. The van der Waals surface area contributed by atoms with Gasteiger partial charge in [-0.3, -0.25) is 14.3 Å². The fourth-order valence-electron chi connectivity index (χ4n) is 3.21. The molecule has 1 saturated carbocycles. The summed E-state index contributed by atoms with van der Waals surface area (Å²) in [5, 5.41) is 4.86. The molecule has 7 nitrogen and oxygen atoms in total. The van der Waals surface area contributed by atoms with E-state index in [1.165, 1.54) is 6.20 Å². The van der Waals surface area contributed by atoms with Gasteiger partial charge >= 0.3 is 5.97 Å². The number of carbonyl (C=O) groups is 3. The maximum absolute atomic E-state index is 12.7. The SMILES string of the molecule is CC(C)Cn1ncc(C(=O)ON2C(=O)c3ccccc3C2=O)c1C1CC1. The monoisotopic (exact) mass is 353 g/mol. The molecule has 0 saturated heterocycles. The topological polar surface area (TPSA) is 81.5 Å². The number of carbonyl (C=O) groups excluding carboxylic acids is 3. The number of imide groups is 1. The van der Waals surface area contributed by atoms with Crippen LogP contribution in [0.4, 0.5) is 0 Å². The minimum Gasteiger partial charge on any atom is -0.324 e. The molecule has 1 aromatic heterocycles. The van der Waals surface area contributed by atoms with Crippen LogP contribution in [0, 0.1) is 5.92 Å². The molecule has 26 heavy (non-hydrogen) atoms. The molecule has 0 bridgehead atoms. The third-order valence-corrected chi connectivity index (χ3v) is 4.53. The Morgan fingerprint density at radius 3 is 2.35 bits per heavy atom. The Labute approximate surface area is 150 Å². The van der Waals surface area contributed by atoms with Crippen LogP contribution < -0.4 is 0 Å². The molecule has 1 aromatic carbocycles. The lowest BCUT2D eigenvalue weighted by Gasteiger charge is -2.14. The molecule has 0 unspecified atom stereocenters. The molecule has 1 fully saturated rings. The van der Waals surface area contributed by atoms with Gasteiger partial charge in [0.25, 0.3) is 11.8 Å². The summed E-state index contributed by atoms with van der Waals surface area (Å²) in [5.41, 5.74) is 1.64. The summed E-state index contributed by atoms with van der Waals surface area (Å²) in [4.78, 5) is 42.6. The van der Waals surface area contributed by atoms with Gasteiger partial charge in [0.05, 0.1) is 23.0 Å². The first-order valence-electron chi connectivity index (χ1n) is 8.73. The van der Waals surface area contributed by atoms with Crippen molar-refractivity contribution in [2.75, 3.05) is 0 Å². The van der Waals surface area contributed by atoms with E-state index in [4.69, 9.17) is 4.84 Å². The second-order valence-corrected chi connectivity index (χ2v) is 7.12. The highest BCUT2D eigenvalue weighted by Crippen LogP contribution is 2.42. The molecule has 2 heterocycles. The zero-order valence-corrected chi connectivity index (χ0v) is 14.6. The normalized spacial score (nSPS) is 16.3. The van der Waals surface area contributed by atoms with Crippen LogP contribution in [-0.4, -0.2) is 32.6 Å². The fraction of sp³-hybridized carbons (Fsp3) is 0.368. The Morgan fingerprint density at radius 2 is 1.81 bits per heavy atom. The van der Waals surface area contributed by atoms with Gasteiger partial charge in [-0.05, 0) is 30.9 Å². The number of rotatable bonds is 5. The molecule has 0 radical (unpaired) electrons. The molecule has 1 aliphatic heterocycles. The third-order valence-electron chi connectivity index (χ3n) is 4.53. The van der Waals surface area contributed by atoms with Gasteiger partial charge in [0.15, 0.2) is 0 Å². The molecule has 4 rings (SSSR count). The first kappa shape index (κ1) is 16.5. The van der Waals surface area contributed by atoms with Crippen molar-refractivity contribution in [3.05, 3.63) is 52.8 Å². The smallest absolute Gasteiger partial charge is 0.324 e. The van der Waals surface area contributed by atoms with Crippen molar-refractivity contribution in [1.82, 2.24) is 14.8 Å². The van der Waals surface area contributed by atoms with Crippen molar-refractivity contribution in [2.45, 2.75) is 39.2 Å². The summed E-state index contributed by atoms with van der Waals surface area (Å²) in [6.07, 6.45) is 3.46. The first-order chi connectivity index (χ1) is 12.5. The quantitative estimate of drug-likeness (QED) is 0.772. The molecule has 0 spiro atoms. The number of hydroxylamine groups is 2. The first-order valence-corrected chi connectivity index (χ1v) is 8.73. The zero-order valence-electron chi connectivity index (χ0n) is 14.6. The summed E-state index contributed by atoms with van der Waals surface area (Å²) in [5.74, 6) is -1.31. The Morgan fingerprint density at radius 1 is 1.19 bits per heavy atom. The van der Waals surface area contributed by atoms with Gasteiger partial charge in [0.1, 0.15) is 5.56 Å². The second kappa shape index (κ2) is 6.09. The van der Waals surface area contributed by atoms with Crippen LogP contribution in [0.15, 0.2) is 30.5 Å². The predicted molar refractivity (Wildman–Crippen MR) is 91.4 cm³/mol. The van der Waals surface area contributed by atoms with Gasteiger partial charge in [-0.2, -0.15) is 5.10 Å². The second-order valence-electron chi connectivity index (χ2n) is 7.12. The van der Waals surface area contributed by atoms with Gasteiger partial charge in [0.2, 0.25) is 0 Å². The molecule has 2 amide bonds. The van der Waals surface area contributed by atoms with E-state index in [1.54, 1.807) is 24.3 Å². The average Bonchev–Trinajstić information content (AvgIpc) is 3.33. The van der Waals surface area contributed by atoms with E-state index in [9.17, 15) is 14.4 Å². The molecule has 2 aromatic rings. The van der Waals surface area contributed by atoms with Gasteiger partial charge in [-0.15, -0.1) is 0 Å². The summed E-state index contributed by atoms with van der Waals surface area (Å²) in [7, 11) is 0. The molecule has 2 aliphatic rings. The Hall–Kier alpha value is -2.96. The molecule has 1 aliphatic carbocycles. The molecular formula is C19H19N3O4. The lowest BCUT2D eigenvalue weighted by Crippen LogP contribution is -2.33. The van der Waals surface area contributed by atoms with Crippen LogP contribution >= 0.6 is 0 Å². The third kappa shape index (κ3) is 2.69. The lowest BCUT2D eigenvalue weighted by molar-refractivity contribution is -0.0585. The summed E-state index contributed by atoms with van der Waals surface area (Å²) in [6.45, 7) is 4.86. The largest absolute Gasteiger partial charge is 0.367 e. The summed E-state index contributed by atoms with van der Waals surface area (Å²) in [6, 6.07) is 6.41. The van der Waals surface area contributed by atoms with Crippen molar-refractivity contribution >= 4 is 17.8 Å². The fourth-order valence-corrected chi connectivity index (χ4v) is 3.21. The van der Waals surface area contributed by atoms with E-state index in [0.29, 0.717) is 23.1 Å². The van der Waals surface area contributed by atoms with E-state index in [-0.39, 0.29) is 17.0 Å². The lowest BCUT2D eigenvalue weighted by atomic mass is 10.1. The maximum atomic E-state index is 12.7. The van der Waals surface area contributed by atoms with E-state index in [1.807, 2.05) is 4.68 Å². The minimum atomic E-state index is -0.726. The number of benzene rings is 1. The van der Waals surface area contributed by atoms with Crippen molar-refractivity contribution in [3.8, 4) is 0 Å². The Bertz CT molecular complexity index is 876. The van der Waals surface area contributed by atoms with Crippen LogP contribution in [-0.2, 0) is 11.4 Å². The molecule has 7 heteroatoms. The maximum Gasteiger partial charge on any atom is 0.367 e. The van der Waals surface area contributed by atoms with Crippen LogP contribution in [0.3, 0.4) is 0 Å². The van der Waals surface area contributed by atoms with Crippen LogP contribution in [0.5, 0.6) is 0 Å². The predicted octanol–water partition coefficient (Wildman–Crippen LogP) is 2.78. The highest BCUT2D eigenvalue weighted by Gasteiger charge is 2.40. The number of amides is 2. The highest BCUT2D eigenvalue weighted by molar-refractivity contribution is 6.21. The van der Waals surface area contributed by atoms with Crippen molar-refractivity contribution in [1.29, 1.82) is 0 Å². The van der Waals surface area contributed by atoms with Gasteiger partial charge in [-0.25, -0.2) is 4.79 Å². The zero-order chi connectivity index (χ0) is 18.4. The number of fused-ring (bicyclic) bond motifs is 1. The van der Waals surface area contributed by atoms with Crippen molar-refractivity contribution < 1.29 is 19.2 Å². The van der Waals surface area contributed by atoms with E-state index >= 15 is 0 Å². The number of hydrogen-bond acceptors (Lipinski definition) is 5. The van der Waals surface area contributed by atoms with Crippen molar-refractivity contribution in [3.63, 3.8) is 0 Å². The highest BCUT2D eigenvalue weighted by atomic mass is 16.7. The van der Waals surface area contributed by atoms with Crippen LogP contribution in [0.1, 0.15) is 69.4 Å². The van der Waals surface area contributed by atoms with E-state index < -0.39 is 17.8 Å². The van der Waals surface area contributed by atoms with Crippen molar-refractivity contribution in [2.24, 2.45) is 5.92 Å². The van der Waals surface area contributed by atoms with Gasteiger partial charge in [0, 0.05) is 12.5 Å². The Kier molecular flexibility index (Phi) is 3.86. The number of aromatic nitrogens is 2. The summed E-state index contributed by atoms with van der Waals surface area (Å²) < 4.78 is 1.83. The molecular weight excluding hydrogens is 334 g/mol. The standard InChI is InChI=1S/C19H19N3O4/c1-11(2)10-21-16(12-7-8-12)15(9-20-21)19(25)26-22-17(23)13-5-3-4-6-14(13)18(22)24/h3-6,9,11-12H,7-8,10H2,1-2H3. The van der Waals surface area contributed by atoms with Gasteiger partial charge < -0.3 is 4.84 Å². The van der Waals surface area contributed by atoms with E-state index in [2.05, 4.69) is 18.9 Å². The number of nitrogens with zero attached hydrogens (tertiary/aromatic N) is 3. The molecule has 0 atom stereocenters. The van der Waals surface area contributed by atoms with Crippen LogP contribution in [0.2, 0.25) is 0 Å².